The summed E-state index contributed by atoms with van der Waals surface area (Å²) >= 11 is 0. The van der Waals surface area contributed by atoms with Crippen LogP contribution >= 0.6 is 0 Å². The van der Waals surface area contributed by atoms with Crippen molar-refractivity contribution >= 4 is 17.5 Å². The highest BCUT2D eigenvalue weighted by Gasteiger charge is 2.62. The minimum Gasteiger partial charge on any atom is -0.463 e. The quantitative estimate of drug-likeness (QED) is 0.0687. The summed E-state index contributed by atoms with van der Waals surface area (Å²) in [5, 5.41) is 43.9. The van der Waals surface area contributed by atoms with Gasteiger partial charge < -0.3 is 25.2 Å². The van der Waals surface area contributed by atoms with Crippen LogP contribution in [0.15, 0.2) is 0 Å². The largest absolute Gasteiger partial charge is 0.463 e. The van der Waals surface area contributed by atoms with Crippen molar-refractivity contribution < 1.29 is 39.5 Å². The third-order valence-corrected chi connectivity index (χ3v) is 7.88. The summed E-state index contributed by atoms with van der Waals surface area (Å²) in [6.07, 6.45) is 14.1. The van der Waals surface area contributed by atoms with E-state index in [1.807, 2.05) is 0 Å². The molecule has 0 rings (SSSR count). The molecule has 40 heavy (non-hydrogen) atoms. The van der Waals surface area contributed by atoms with Gasteiger partial charge in [0, 0.05) is 19.3 Å². The lowest BCUT2D eigenvalue weighted by molar-refractivity contribution is -0.219. The predicted octanol–water partition coefficient (Wildman–Crippen LogP) is 5.74. The van der Waals surface area contributed by atoms with Gasteiger partial charge in [0.15, 0.2) is 22.8 Å². The predicted molar refractivity (Wildman–Crippen MR) is 158 cm³/mol. The molecule has 0 saturated carbocycles. The first-order valence-corrected chi connectivity index (χ1v) is 16.1. The summed E-state index contributed by atoms with van der Waals surface area (Å²) in [5.41, 5.74) is -5.90. The van der Waals surface area contributed by atoms with Gasteiger partial charge in [-0.25, -0.2) is 0 Å². The van der Waals surface area contributed by atoms with Crippen LogP contribution in [0.25, 0.3) is 0 Å². The van der Waals surface area contributed by atoms with E-state index in [4.69, 9.17) is 4.74 Å². The molecule has 0 aliphatic heterocycles. The van der Waals surface area contributed by atoms with Gasteiger partial charge in [-0.1, -0.05) is 117 Å². The second-order valence-electron chi connectivity index (χ2n) is 11.4. The number of hydrogen-bond donors (Lipinski definition) is 4. The Labute approximate surface area is 243 Å². The summed E-state index contributed by atoms with van der Waals surface area (Å²) in [6.45, 7) is 4.33. The van der Waals surface area contributed by atoms with Crippen LogP contribution in [0.4, 0.5) is 0 Å². The molecule has 0 aliphatic carbocycles. The van der Waals surface area contributed by atoms with Crippen LogP contribution < -0.4 is 0 Å². The molecule has 0 aromatic heterocycles. The van der Waals surface area contributed by atoms with Crippen molar-refractivity contribution in [1.29, 1.82) is 0 Å². The van der Waals surface area contributed by atoms with E-state index in [0.29, 0.717) is 25.7 Å². The third-order valence-electron chi connectivity index (χ3n) is 7.88. The van der Waals surface area contributed by atoms with Gasteiger partial charge in [0.2, 0.25) is 0 Å². The Kier molecular flexibility index (Phi) is 22.5. The molecule has 0 heterocycles. The Hall–Kier alpha value is -1.35. The standard InChI is InChI=1S/C32H60O8/c1-4-7-10-13-16-19-22-27(34)31(38,26-33)32(39,28(35)23-20-17-14-11-8-5-2)29(36)25-40-30(37)24-21-18-15-12-9-6-3/h29,33,36,38-39H,4-26H2,1-3H3/t29-,31-,32+/m1/s1. The van der Waals surface area contributed by atoms with Crippen molar-refractivity contribution in [2.24, 2.45) is 0 Å². The van der Waals surface area contributed by atoms with Crippen LogP contribution in [0, 0.1) is 0 Å². The summed E-state index contributed by atoms with van der Waals surface area (Å²) in [4.78, 5) is 38.7. The SMILES string of the molecule is CCCCCCCCC(=O)OC[C@@H](O)[C@@](O)(C(=O)CCCCCCCC)[C@@](O)(CO)C(=O)CCCCCCCC. The van der Waals surface area contributed by atoms with Gasteiger partial charge in [-0.15, -0.1) is 0 Å². The number of aliphatic hydroxyl groups excluding tert-OH is 2. The highest BCUT2D eigenvalue weighted by atomic mass is 16.5. The van der Waals surface area contributed by atoms with Gasteiger partial charge in [-0.3, -0.25) is 14.4 Å². The second-order valence-corrected chi connectivity index (χ2v) is 11.4. The molecule has 3 atom stereocenters. The molecule has 0 bridgehead atoms. The highest BCUT2D eigenvalue weighted by Crippen LogP contribution is 2.32. The second kappa shape index (κ2) is 23.2. The normalized spacial score (nSPS) is 15.3. The third kappa shape index (κ3) is 14.0. The lowest BCUT2D eigenvalue weighted by Gasteiger charge is -2.42. The van der Waals surface area contributed by atoms with Crippen molar-refractivity contribution in [1.82, 2.24) is 0 Å². The number of carbonyl (C=O) groups is 3. The smallest absolute Gasteiger partial charge is 0.305 e. The van der Waals surface area contributed by atoms with Gasteiger partial charge >= 0.3 is 5.97 Å². The maximum absolute atomic E-state index is 13.3. The van der Waals surface area contributed by atoms with Gasteiger partial charge in [0.1, 0.15) is 12.7 Å². The molecule has 4 N–H and O–H groups in total. The maximum atomic E-state index is 13.3. The number of Topliss-reactive ketones (excluding diaryl/α,β-unsaturated/α-hetero) is 2. The first-order valence-electron chi connectivity index (χ1n) is 16.1. The van der Waals surface area contributed by atoms with Gasteiger partial charge in [-0.2, -0.15) is 0 Å². The highest BCUT2D eigenvalue weighted by molar-refractivity contribution is 5.99. The molecule has 0 amide bonds. The Morgan fingerprint density at radius 3 is 1.40 bits per heavy atom. The fourth-order valence-corrected chi connectivity index (χ4v) is 5.06. The van der Waals surface area contributed by atoms with Crippen molar-refractivity contribution in [3.05, 3.63) is 0 Å². The van der Waals surface area contributed by atoms with E-state index in [2.05, 4.69) is 20.8 Å². The molecule has 0 radical (unpaired) electrons. The number of rotatable bonds is 28. The van der Waals surface area contributed by atoms with E-state index in [9.17, 15) is 34.8 Å². The maximum Gasteiger partial charge on any atom is 0.305 e. The van der Waals surface area contributed by atoms with Crippen LogP contribution in [0.1, 0.15) is 156 Å². The van der Waals surface area contributed by atoms with Crippen molar-refractivity contribution in [2.45, 2.75) is 173 Å². The zero-order chi connectivity index (χ0) is 30.3. The van der Waals surface area contributed by atoms with Crippen molar-refractivity contribution in [2.75, 3.05) is 13.2 Å². The molecular weight excluding hydrogens is 512 g/mol. The number of ketones is 2. The average Bonchev–Trinajstić information content (AvgIpc) is 2.95. The van der Waals surface area contributed by atoms with Crippen molar-refractivity contribution in [3.8, 4) is 0 Å². The molecular formula is C32H60O8. The zero-order valence-corrected chi connectivity index (χ0v) is 25.8. The molecule has 8 heteroatoms. The minimum absolute atomic E-state index is 0.129. The fraction of sp³-hybridized carbons (Fsp3) is 0.906. The molecule has 0 saturated heterocycles. The Morgan fingerprint density at radius 1 is 0.600 bits per heavy atom. The number of aliphatic hydroxyl groups is 4. The van der Waals surface area contributed by atoms with Gasteiger partial charge in [0.25, 0.3) is 0 Å². The van der Waals surface area contributed by atoms with Crippen LogP contribution in [-0.2, 0) is 19.1 Å². The molecule has 8 nitrogen and oxygen atoms in total. The molecule has 0 unspecified atom stereocenters. The summed E-state index contributed by atoms with van der Waals surface area (Å²) in [5.74, 6) is -2.43. The number of esters is 1. The number of carbonyl (C=O) groups excluding carboxylic acids is 3. The first-order chi connectivity index (χ1) is 19.1. The summed E-state index contributed by atoms with van der Waals surface area (Å²) < 4.78 is 5.15. The topological polar surface area (TPSA) is 141 Å². The molecule has 236 valence electrons. The Bertz CT molecular complexity index is 682. The zero-order valence-electron chi connectivity index (χ0n) is 25.8. The number of unbranched alkanes of at least 4 members (excludes halogenated alkanes) is 15. The first kappa shape index (κ1) is 38.6. The minimum atomic E-state index is -3.00. The lowest BCUT2D eigenvalue weighted by Crippen LogP contribution is -2.71. The molecule has 0 fully saturated rings. The molecule has 0 aromatic rings. The molecule has 0 spiro atoms. The van der Waals surface area contributed by atoms with E-state index < -0.39 is 48.1 Å². The monoisotopic (exact) mass is 572 g/mol. The number of hydrogen-bond acceptors (Lipinski definition) is 8. The van der Waals surface area contributed by atoms with E-state index >= 15 is 0 Å². The Morgan fingerprint density at radius 2 is 0.975 bits per heavy atom. The molecule has 0 aliphatic rings. The van der Waals surface area contributed by atoms with Crippen LogP contribution in [0.3, 0.4) is 0 Å². The van der Waals surface area contributed by atoms with E-state index in [0.717, 1.165) is 89.9 Å². The van der Waals surface area contributed by atoms with Gasteiger partial charge in [-0.05, 0) is 19.3 Å². The van der Waals surface area contributed by atoms with Gasteiger partial charge in [0.05, 0.1) is 6.61 Å². The van der Waals surface area contributed by atoms with Crippen LogP contribution in [-0.4, -0.2) is 68.5 Å². The summed E-state index contributed by atoms with van der Waals surface area (Å²) in [7, 11) is 0. The van der Waals surface area contributed by atoms with E-state index in [1.165, 1.54) is 0 Å². The fourth-order valence-electron chi connectivity index (χ4n) is 5.06. The number of ether oxygens (including phenoxy) is 1. The Balaban J connectivity index is 5.39. The summed E-state index contributed by atoms with van der Waals surface area (Å²) in [6, 6.07) is 0. The van der Waals surface area contributed by atoms with Crippen molar-refractivity contribution in [3.63, 3.8) is 0 Å². The van der Waals surface area contributed by atoms with E-state index in [-0.39, 0.29) is 19.3 Å². The van der Waals surface area contributed by atoms with Crippen LogP contribution in [0.2, 0.25) is 0 Å². The van der Waals surface area contributed by atoms with Crippen LogP contribution in [0.5, 0.6) is 0 Å². The average molecular weight is 573 g/mol. The van der Waals surface area contributed by atoms with E-state index in [1.54, 1.807) is 0 Å². The lowest BCUT2D eigenvalue weighted by atomic mass is 9.71. The molecule has 0 aromatic carbocycles.